The summed E-state index contributed by atoms with van der Waals surface area (Å²) in [7, 11) is 0. The molecule has 1 atom stereocenters. The van der Waals surface area contributed by atoms with Crippen LogP contribution in [0.15, 0.2) is 35.3 Å². The van der Waals surface area contributed by atoms with Gasteiger partial charge in [-0.15, -0.1) is 0 Å². The van der Waals surface area contributed by atoms with Gasteiger partial charge in [-0.05, 0) is 6.92 Å². The van der Waals surface area contributed by atoms with E-state index in [1.54, 1.807) is 0 Å². The van der Waals surface area contributed by atoms with Crippen LogP contribution >= 0.6 is 0 Å². The van der Waals surface area contributed by atoms with E-state index < -0.39 is 0 Å². The summed E-state index contributed by atoms with van der Waals surface area (Å²) >= 11 is 0. The van der Waals surface area contributed by atoms with Crippen molar-refractivity contribution in [3.8, 4) is 0 Å². The Kier molecular flexibility index (Phi) is 2.50. The molecule has 0 saturated carbocycles. The van der Waals surface area contributed by atoms with Crippen molar-refractivity contribution in [2.24, 2.45) is 10.7 Å². The summed E-state index contributed by atoms with van der Waals surface area (Å²) in [5.41, 5.74) is 7.03. The van der Waals surface area contributed by atoms with Gasteiger partial charge in [0, 0.05) is 12.1 Å². The molecule has 0 saturated heterocycles. The molecular formula is C11H15N3. The summed E-state index contributed by atoms with van der Waals surface area (Å²) < 4.78 is 0. The second kappa shape index (κ2) is 3.80. The molecule has 74 valence electrons. The summed E-state index contributed by atoms with van der Waals surface area (Å²) in [6, 6.07) is 10.2. The second-order valence-corrected chi connectivity index (χ2v) is 3.51. The van der Waals surface area contributed by atoms with Crippen molar-refractivity contribution >= 4 is 5.84 Å². The monoisotopic (exact) mass is 189 g/mol. The second-order valence-electron chi connectivity index (χ2n) is 3.51. The van der Waals surface area contributed by atoms with Gasteiger partial charge in [-0.1, -0.05) is 30.3 Å². The molecule has 1 aromatic rings. The first kappa shape index (κ1) is 9.21. The molecule has 1 unspecified atom stereocenters. The zero-order valence-corrected chi connectivity index (χ0v) is 8.35. The van der Waals surface area contributed by atoms with Gasteiger partial charge in [-0.3, -0.25) is 4.99 Å². The van der Waals surface area contributed by atoms with Crippen LogP contribution in [0.25, 0.3) is 0 Å². The Morgan fingerprint density at radius 3 is 2.71 bits per heavy atom. The van der Waals surface area contributed by atoms with E-state index in [0.29, 0.717) is 0 Å². The molecule has 0 spiro atoms. The van der Waals surface area contributed by atoms with E-state index in [0.717, 1.165) is 24.5 Å². The van der Waals surface area contributed by atoms with Crippen molar-refractivity contribution in [3.05, 3.63) is 35.9 Å². The molecule has 0 fully saturated rings. The Morgan fingerprint density at radius 1 is 1.36 bits per heavy atom. The molecule has 1 aromatic carbocycles. The van der Waals surface area contributed by atoms with E-state index in [9.17, 15) is 0 Å². The lowest BCUT2D eigenvalue weighted by molar-refractivity contribution is 0.366. The SMILES string of the molecule is CC(N)N1CCN=C1c1ccccc1. The molecule has 0 aromatic heterocycles. The minimum Gasteiger partial charge on any atom is -0.340 e. The van der Waals surface area contributed by atoms with Crippen LogP contribution in [0.4, 0.5) is 0 Å². The van der Waals surface area contributed by atoms with Crippen LogP contribution in [0.2, 0.25) is 0 Å². The van der Waals surface area contributed by atoms with E-state index in [2.05, 4.69) is 22.0 Å². The molecule has 0 bridgehead atoms. The number of benzene rings is 1. The quantitative estimate of drug-likeness (QED) is 0.755. The molecule has 3 heteroatoms. The fourth-order valence-electron chi connectivity index (χ4n) is 1.70. The molecule has 0 radical (unpaired) electrons. The number of amidine groups is 1. The van der Waals surface area contributed by atoms with Gasteiger partial charge >= 0.3 is 0 Å². The lowest BCUT2D eigenvalue weighted by Crippen LogP contribution is -2.42. The molecule has 2 rings (SSSR count). The van der Waals surface area contributed by atoms with Gasteiger partial charge in [0.25, 0.3) is 0 Å². The average molecular weight is 189 g/mol. The average Bonchev–Trinajstić information content (AvgIpc) is 2.67. The van der Waals surface area contributed by atoms with Crippen molar-refractivity contribution in [1.82, 2.24) is 4.90 Å². The van der Waals surface area contributed by atoms with Gasteiger partial charge in [0.15, 0.2) is 0 Å². The van der Waals surface area contributed by atoms with Crippen molar-refractivity contribution in [3.63, 3.8) is 0 Å². The number of hydrogen-bond acceptors (Lipinski definition) is 3. The highest BCUT2D eigenvalue weighted by Gasteiger charge is 2.20. The van der Waals surface area contributed by atoms with Crippen LogP contribution in [0.1, 0.15) is 12.5 Å². The minimum absolute atomic E-state index is 0.0384. The van der Waals surface area contributed by atoms with Crippen LogP contribution in [-0.2, 0) is 0 Å². The maximum absolute atomic E-state index is 5.87. The third-order valence-electron chi connectivity index (χ3n) is 2.40. The van der Waals surface area contributed by atoms with Crippen molar-refractivity contribution in [2.45, 2.75) is 13.1 Å². The number of aliphatic imine (C=N–C) groups is 1. The molecule has 3 nitrogen and oxygen atoms in total. The Hall–Kier alpha value is -1.35. The molecule has 0 amide bonds. The van der Waals surface area contributed by atoms with Crippen molar-refractivity contribution in [1.29, 1.82) is 0 Å². The topological polar surface area (TPSA) is 41.6 Å². The molecule has 2 N–H and O–H groups in total. The van der Waals surface area contributed by atoms with Crippen LogP contribution < -0.4 is 5.73 Å². The summed E-state index contributed by atoms with van der Waals surface area (Å²) in [4.78, 5) is 6.61. The van der Waals surface area contributed by atoms with E-state index in [-0.39, 0.29) is 6.17 Å². The number of rotatable bonds is 2. The fourth-order valence-corrected chi connectivity index (χ4v) is 1.70. The number of nitrogens with two attached hydrogens (primary N) is 1. The molecule has 14 heavy (non-hydrogen) atoms. The smallest absolute Gasteiger partial charge is 0.132 e. The normalized spacial score (nSPS) is 18.1. The minimum atomic E-state index is 0.0384. The Labute approximate surface area is 84.2 Å². The molecule has 1 aliphatic heterocycles. The molecule has 0 aliphatic carbocycles. The maximum atomic E-state index is 5.87. The van der Waals surface area contributed by atoms with E-state index >= 15 is 0 Å². The molecular weight excluding hydrogens is 174 g/mol. The van der Waals surface area contributed by atoms with Crippen molar-refractivity contribution in [2.75, 3.05) is 13.1 Å². The van der Waals surface area contributed by atoms with E-state index in [1.165, 1.54) is 0 Å². The van der Waals surface area contributed by atoms with Gasteiger partial charge in [0.2, 0.25) is 0 Å². The van der Waals surface area contributed by atoms with Gasteiger partial charge in [0.1, 0.15) is 5.84 Å². The summed E-state index contributed by atoms with van der Waals surface area (Å²) in [5.74, 6) is 1.03. The van der Waals surface area contributed by atoms with Gasteiger partial charge in [-0.25, -0.2) is 0 Å². The predicted octanol–water partition coefficient (Wildman–Crippen LogP) is 1.05. The molecule has 1 heterocycles. The van der Waals surface area contributed by atoms with Crippen LogP contribution in [0.3, 0.4) is 0 Å². The summed E-state index contributed by atoms with van der Waals surface area (Å²) in [5, 5.41) is 0. The highest BCUT2D eigenvalue weighted by atomic mass is 15.3. The van der Waals surface area contributed by atoms with Crippen LogP contribution in [0, 0.1) is 0 Å². The Morgan fingerprint density at radius 2 is 2.07 bits per heavy atom. The fraction of sp³-hybridized carbons (Fsp3) is 0.364. The largest absolute Gasteiger partial charge is 0.340 e. The first-order valence-electron chi connectivity index (χ1n) is 4.91. The lowest BCUT2D eigenvalue weighted by atomic mass is 10.2. The van der Waals surface area contributed by atoms with E-state index in [1.807, 2.05) is 25.1 Å². The third-order valence-corrected chi connectivity index (χ3v) is 2.40. The van der Waals surface area contributed by atoms with Crippen LogP contribution in [0.5, 0.6) is 0 Å². The maximum Gasteiger partial charge on any atom is 0.132 e. The van der Waals surface area contributed by atoms with Gasteiger partial charge in [-0.2, -0.15) is 0 Å². The highest BCUT2D eigenvalue weighted by molar-refractivity contribution is 5.99. The lowest BCUT2D eigenvalue weighted by Gasteiger charge is -2.24. The predicted molar refractivity (Wildman–Crippen MR) is 58.2 cm³/mol. The Balaban J connectivity index is 2.26. The molecule has 1 aliphatic rings. The third kappa shape index (κ3) is 1.63. The highest BCUT2D eigenvalue weighted by Crippen LogP contribution is 2.12. The van der Waals surface area contributed by atoms with Gasteiger partial charge < -0.3 is 10.6 Å². The first-order valence-corrected chi connectivity index (χ1v) is 4.91. The standard InChI is InChI=1S/C11H15N3/c1-9(12)14-8-7-13-11(14)10-5-3-2-4-6-10/h2-6,9H,7-8,12H2,1H3. The van der Waals surface area contributed by atoms with E-state index in [4.69, 9.17) is 5.73 Å². The summed E-state index contributed by atoms with van der Waals surface area (Å²) in [6.07, 6.45) is 0.0384. The Bertz CT molecular complexity index is 330. The zero-order valence-electron chi connectivity index (χ0n) is 8.35. The van der Waals surface area contributed by atoms with Crippen LogP contribution in [-0.4, -0.2) is 30.0 Å². The summed E-state index contributed by atoms with van der Waals surface area (Å²) in [6.45, 7) is 3.78. The number of nitrogens with zero attached hydrogens (tertiary/aromatic N) is 2. The van der Waals surface area contributed by atoms with Crippen molar-refractivity contribution < 1.29 is 0 Å². The van der Waals surface area contributed by atoms with Gasteiger partial charge in [0.05, 0.1) is 12.7 Å². The first-order chi connectivity index (χ1) is 6.79. The number of hydrogen-bond donors (Lipinski definition) is 1. The zero-order chi connectivity index (χ0) is 9.97.